The topological polar surface area (TPSA) is 127 Å². The molecule has 0 spiro atoms. The molecule has 144 valence electrons. The second-order valence-corrected chi connectivity index (χ2v) is 8.23. The number of aromatic nitrogens is 2. The van der Waals surface area contributed by atoms with Crippen LogP contribution in [0, 0.1) is 0 Å². The first kappa shape index (κ1) is 19.7. The van der Waals surface area contributed by atoms with Crippen molar-refractivity contribution >= 4 is 43.6 Å². The lowest BCUT2D eigenvalue weighted by molar-refractivity contribution is -0.111. The van der Waals surface area contributed by atoms with Crippen LogP contribution in [0.1, 0.15) is 11.1 Å². The molecule has 0 aliphatic rings. The van der Waals surface area contributed by atoms with Gasteiger partial charge in [0.2, 0.25) is 26.2 Å². The van der Waals surface area contributed by atoms with Crippen LogP contribution in [-0.2, 0) is 21.4 Å². The number of hydrogen-bond donors (Lipinski definition) is 3. The Labute approximate surface area is 166 Å². The molecule has 8 nitrogen and oxygen atoms in total. The van der Waals surface area contributed by atoms with E-state index in [4.69, 9.17) is 5.14 Å². The van der Waals surface area contributed by atoms with Crippen molar-refractivity contribution in [2.75, 3.05) is 10.6 Å². The van der Waals surface area contributed by atoms with Crippen LogP contribution in [0.2, 0.25) is 0 Å². The summed E-state index contributed by atoms with van der Waals surface area (Å²) in [4.78, 5) is 12.0. The molecule has 0 fully saturated rings. The van der Waals surface area contributed by atoms with Crippen LogP contribution in [0.15, 0.2) is 65.6 Å². The first-order valence-corrected chi connectivity index (χ1v) is 10.5. The summed E-state index contributed by atoms with van der Waals surface area (Å²) in [6.07, 6.45) is 3.14. The molecule has 0 saturated heterocycles. The highest BCUT2D eigenvalue weighted by atomic mass is 32.2. The molecule has 0 aliphatic heterocycles. The second-order valence-electron chi connectivity index (χ2n) is 5.69. The molecule has 1 aromatic heterocycles. The Balaban J connectivity index is 1.52. The summed E-state index contributed by atoms with van der Waals surface area (Å²) in [6.45, 7) is 0.418. The molecule has 0 radical (unpaired) electrons. The van der Waals surface area contributed by atoms with Gasteiger partial charge in [0.25, 0.3) is 0 Å². The Bertz CT molecular complexity index is 1080. The molecular formula is C18H17N5O3S2. The van der Waals surface area contributed by atoms with Gasteiger partial charge in [0.05, 0.1) is 4.90 Å². The van der Waals surface area contributed by atoms with Gasteiger partial charge in [-0.2, -0.15) is 0 Å². The third-order valence-corrected chi connectivity index (χ3v) is 5.30. The number of carbonyl (C=O) groups is 1. The molecule has 3 rings (SSSR count). The van der Waals surface area contributed by atoms with Gasteiger partial charge in [-0.3, -0.25) is 10.1 Å². The highest BCUT2D eigenvalue weighted by Gasteiger charge is 2.08. The Morgan fingerprint density at radius 1 is 1.04 bits per heavy atom. The summed E-state index contributed by atoms with van der Waals surface area (Å²) in [6, 6.07) is 15.7. The molecular weight excluding hydrogens is 398 g/mol. The fourth-order valence-corrected chi connectivity index (χ4v) is 3.36. The average molecular weight is 416 g/mol. The Kier molecular flexibility index (Phi) is 6.14. The smallest absolute Gasteiger partial charge is 0.250 e. The van der Waals surface area contributed by atoms with Gasteiger partial charge in [0, 0.05) is 12.6 Å². The molecule has 0 aliphatic carbocycles. The Hall–Kier alpha value is -3.08. The number of benzene rings is 2. The summed E-state index contributed by atoms with van der Waals surface area (Å²) in [5.41, 5.74) is 1.77. The number of nitrogens with two attached hydrogens (primary N) is 1. The van der Waals surface area contributed by atoms with Gasteiger partial charge in [-0.15, -0.1) is 10.2 Å². The zero-order valence-corrected chi connectivity index (χ0v) is 16.2. The van der Waals surface area contributed by atoms with E-state index in [-0.39, 0.29) is 10.8 Å². The lowest BCUT2D eigenvalue weighted by atomic mass is 10.2. The maximum atomic E-state index is 11.9. The molecule has 0 bridgehead atoms. The number of sulfonamides is 1. The largest absolute Gasteiger partial charge is 0.356 e. The van der Waals surface area contributed by atoms with Crippen LogP contribution in [0.5, 0.6) is 0 Å². The van der Waals surface area contributed by atoms with Gasteiger partial charge in [0.1, 0.15) is 0 Å². The molecule has 10 heteroatoms. The van der Waals surface area contributed by atoms with Gasteiger partial charge in [-0.05, 0) is 29.3 Å². The minimum absolute atomic E-state index is 0.0562. The number of nitrogens with one attached hydrogen (secondary N) is 2. The van der Waals surface area contributed by atoms with Crippen LogP contribution in [0.25, 0.3) is 6.08 Å². The van der Waals surface area contributed by atoms with Crippen LogP contribution >= 0.6 is 11.3 Å². The standard InChI is InChI=1S/C18H17N5O3S2/c19-28(25,26)15-9-6-14(7-10-15)12-20-17-22-23-18(27-17)21-16(24)11-8-13-4-2-1-3-5-13/h1-11H,12H2,(H,20,22)(H2,19,25,26)(H,21,23,24)/b11-8+. The summed E-state index contributed by atoms with van der Waals surface area (Å²) >= 11 is 1.19. The number of carbonyl (C=O) groups excluding carboxylic acids is 1. The number of hydrogen-bond acceptors (Lipinski definition) is 7. The molecule has 1 amide bonds. The van der Waals surface area contributed by atoms with Crippen molar-refractivity contribution in [3.63, 3.8) is 0 Å². The number of rotatable bonds is 7. The van der Waals surface area contributed by atoms with Crippen molar-refractivity contribution < 1.29 is 13.2 Å². The number of anilines is 2. The van der Waals surface area contributed by atoms with Gasteiger partial charge < -0.3 is 5.32 Å². The van der Waals surface area contributed by atoms with Crippen LogP contribution in [0.3, 0.4) is 0 Å². The van der Waals surface area contributed by atoms with Gasteiger partial charge in [-0.1, -0.05) is 53.8 Å². The molecule has 2 aromatic carbocycles. The maximum Gasteiger partial charge on any atom is 0.250 e. The van der Waals surface area contributed by atoms with E-state index in [1.807, 2.05) is 30.3 Å². The van der Waals surface area contributed by atoms with E-state index in [2.05, 4.69) is 20.8 Å². The molecule has 0 atom stereocenters. The first-order chi connectivity index (χ1) is 13.4. The van der Waals surface area contributed by atoms with E-state index < -0.39 is 10.0 Å². The maximum absolute atomic E-state index is 11.9. The fourth-order valence-electron chi connectivity index (χ4n) is 2.20. The van der Waals surface area contributed by atoms with Crippen molar-refractivity contribution in [3.8, 4) is 0 Å². The first-order valence-electron chi connectivity index (χ1n) is 8.13. The van der Waals surface area contributed by atoms with Crippen LogP contribution < -0.4 is 15.8 Å². The highest BCUT2D eigenvalue weighted by Crippen LogP contribution is 2.21. The summed E-state index contributed by atoms with van der Waals surface area (Å²) < 4.78 is 22.5. The predicted octanol–water partition coefficient (Wildman–Crippen LogP) is 2.45. The van der Waals surface area contributed by atoms with Crippen molar-refractivity contribution in [1.82, 2.24) is 10.2 Å². The molecule has 1 heterocycles. The van der Waals surface area contributed by atoms with E-state index in [0.717, 1.165) is 11.1 Å². The van der Waals surface area contributed by atoms with Crippen LogP contribution in [0.4, 0.5) is 10.3 Å². The Morgan fingerprint density at radius 3 is 2.39 bits per heavy atom. The molecule has 0 saturated carbocycles. The van der Waals surface area contributed by atoms with Gasteiger partial charge >= 0.3 is 0 Å². The van der Waals surface area contributed by atoms with E-state index in [1.165, 1.54) is 29.5 Å². The van der Waals surface area contributed by atoms with E-state index in [9.17, 15) is 13.2 Å². The van der Waals surface area contributed by atoms with Crippen LogP contribution in [-0.4, -0.2) is 24.5 Å². The SMILES string of the molecule is NS(=O)(=O)c1ccc(CNc2nnc(NC(=O)/C=C/c3ccccc3)s2)cc1. The number of amides is 1. The highest BCUT2D eigenvalue weighted by molar-refractivity contribution is 7.89. The molecule has 28 heavy (non-hydrogen) atoms. The fraction of sp³-hybridized carbons (Fsp3) is 0.0556. The third kappa shape index (κ3) is 5.71. The minimum Gasteiger partial charge on any atom is -0.356 e. The van der Waals surface area contributed by atoms with E-state index in [1.54, 1.807) is 18.2 Å². The number of nitrogens with zero attached hydrogens (tertiary/aromatic N) is 2. The van der Waals surface area contributed by atoms with Crippen molar-refractivity contribution in [2.45, 2.75) is 11.4 Å². The molecule has 3 aromatic rings. The van der Waals surface area contributed by atoms with E-state index in [0.29, 0.717) is 16.8 Å². The Morgan fingerprint density at radius 2 is 1.71 bits per heavy atom. The summed E-state index contributed by atoms with van der Waals surface area (Å²) in [5, 5.41) is 19.6. The van der Waals surface area contributed by atoms with Crippen molar-refractivity contribution in [2.24, 2.45) is 5.14 Å². The van der Waals surface area contributed by atoms with Gasteiger partial charge in [-0.25, -0.2) is 13.6 Å². The second kappa shape index (κ2) is 8.74. The third-order valence-electron chi connectivity index (χ3n) is 3.58. The quantitative estimate of drug-likeness (QED) is 0.509. The summed E-state index contributed by atoms with van der Waals surface area (Å²) in [5.74, 6) is -0.301. The van der Waals surface area contributed by atoms with Crippen molar-refractivity contribution in [1.29, 1.82) is 0 Å². The van der Waals surface area contributed by atoms with Crippen molar-refractivity contribution in [3.05, 3.63) is 71.8 Å². The minimum atomic E-state index is -3.70. The summed E-state index contributed by atoms with van der Waals surface area (Å²) in [7, 11) is -3.70. The predicted molar refractivity (Wildman–Crippen MR) is 109 cm³/mol. The van der Waals surface area contributed by atoms with Gasteiger partial charge in [0.15, 0.2) is 0 Å². The molecule has 4 N–H and O–H groups in total. The average Bonchev–Trinajstić information content (AvgIpc) is 3.12. The zero-order valence-electron chi connectivity index (χ0n) is 14.6. The monoisotopic (exact) mass is 415 g/mol. The zero-order chi connectivity index (χ0) is 20.0. The normalized spacial score (nSPS) is 11.5. The number of primary sulfonamides is 1. The lowest BCUT2D eigenvalue weighted by Crippen LogP contribution is -2.12. The van der Waals surface area contributed by atoms with E-state index >= 15 is 0 Å². The lowest BCUT2D eigenvalue weighted by Gasteiger charge is -2.03. The molecule has 0 unspecified atom stereocenters.